The van der Waals surface area contributed by atoms with E-state index in [1.807, 2.05) is 0 Å². The van der Waals surface area contributed by atoms with Crippen LogP contribution < -0.4 is 10.2 Å². The minimum absolute atomic E-state index is 0.0671. The maximum absolute atomic E-state index is 12.8. The third-order valence-electron chi connectivity index (χ3n) is 7.15. The van der Waals surface area contributed by atoms with Gasteiger partial charge in [-0.1, -0.05) is 0 Å². The molecule has 2 aliphatic rings. The number of phenolic OH excluding ortho intramolecular Hbond substituents is 3. The fraction of sp³-hybridized carbons (Fsp3) is 0.444. The Morgan fingerprint density at radius 1 is 0.786 bits per heavy atom. The fourth-order valence-electron chi connectivity index (χ4n) is 4.90. The van der Waals surface area contributed by atoms with E-state index in [0.29, 0.717) is 0 Å². The van der Waals surface area contributed by atoms with E-state index in [0.717, 1.165) is 18.2 Å². The van der Waals surface area contributed by atoms with Gasteiger partial charge < -0.3 is 69.3 Å². The summed E-state index contributed by atoms with van der Waals surface area (Å²) in [7, 11) is 0. The van der Waals surface area contributed by atoms with Crippen LogP contribution in [0.5, 0.6) is 23.0 Å². The van der Waals surface area contributed by atoms with Gasteiger partial charge in [-0.25, -0.2) is 0 Å². The van der Waals surface area contributed by atoms with Crippen molar-refractivity contribution in [1.82, 2.24) is 0 Å². The van der Waals surface area contributed by atoms with Crippen molar-refractivity contribution in [3.63, 3.8) is 0 Å². The first-order valence-electron chi connectivity index (χ1n) is 12.9. The molecule has 228 valence electrons. The molecule has 2 aromatic carbocycles. The van der Waals surface area contributed by atoms with Crippen molar-refractivity contribution in [3.8, 4) is 34.3 Å². The van der Waals surface area contributed by atoms with Gasteiger partial charge in [0, 0.05) is 29.8 Å². The zero-order chi connectivity index (χ0) is 30.5. The quantitative estimate of drug-likeness (QED) is 0.159. The number of ether oxygens (including phenoxy) is 4. The Bertz CT molecular complexity index is 1470. The molecule has 0 amide bonds. The van der Waals surface area contributed by atoms with E-state index < -0.39 is 79.2 Å². The standard InChI is InChI=1S/C27H30O15/c1-9-20(33)22(35)24(37)26(38-9)42-25-23(36)21(34)18(8-28)41-27(25)39-13-5-14(31)19-15(32)7-16(40-17(19)6-13)10-2-11(29)4-12(30)3-10/h2-7,9,18,20-31,33-37H,8H2,1H3/t9-,18-,20+,21-,22-,23+,24-,25+,26+,27-/m1/s1. The molecule has 0 spiro atoms. The van der Waals surface area contributed by atoms with Gasteiger partial charge in [0.15, 0.2) is 17.8 Å². The van der Waals surface area contributed by atoms with E-state index >= 15 is 0 Å². The van der Waals surface area contributed by atoms with Crippen molar-refractivity contribution in [2.45, 2.75) is 68.3 Å². The molecule has 3 heterocycles. The van der Waals surface area contributed by atoms with Crippen LogP contribution in [0.1, 0.15) is 6.92 Å². The second-order valence-electron chi connectivity index (χ2n) is 10.1. The van der Waals surface area contributed by atoms with Crippen LogP contribution in [-0.2, 0) is 14.2 Å². The normalized spacial score (nSPS) is 33.5. The molecule has 5 rings (SSSR count). The van der Waals surface area contributed by atoms with Gasteiger partial charge in [0.25, 0.3) is 0 Å². The molecule has 0 saturated carbocycles. The number of hydrogen-bond acceptors (Lipinski definition) is 15. The number of phenols is 3. The minimum atomic E-state index is -1.78. The molecular formula is C27H30O15. The third-order valence-corrected chi connectivity index (χ3v) is 7.15. The van der Waals surface area contributed by atoms with Gasteiger partial charge in [0.2, 0.25) is 6.29 Å². The molecule has 10 atom stereocenters. The van der Waals surface area contributed by atoms with Gasteiger partial charge in [0.05, 0.1) is 12.7 Å². The van der Waals surface area contributed by atoms with E-state index in [9.17, 15) is 50.8 Å². The van der Waals surface area contributed by atoms with Crippen LogP contribution in [0.4, 0.5) is 0 Å². The van der Waals surface area contributed by atoms with Crippen molar-refractivity contribution in [2.75, 3.05) is 6.61 Å². The molecule has 0 unspecified atom stereocenters. The number of aliphatic hydroxyl groups is 6. The average Bonchev–Trinajstić information content (AvgIpc) is 2.93. The van der Waals surface area contributed by atoms with Gasteiger partial charge in [-0.05, 0) is 19.1 Å². The summed E-state index contributed by atoms with van der Waals surface area (Å²) in [5.41, 5.74) is -0.692. The van der Waals surface area contributed by atoms with E-state index in [1.165, 1.54) is 25.1 Å². The number of hydrogen-bond donors (Lipinski definition) is 9. The summed E-state index contributed by atoms with van der Waals surface area (Å²) in [6, 6.07) is 6.84. The second kappa shape index (κ2) is 11.6. The minimum Gasteiger partial charge on any atom is -0.508 e. The monoisotopic (exact) mass is 594 g/mol. The summed E-state index contributed by atoms with van der Waals surface area (Å²) in [6.45, 7) is 0.667. The molecular weight excluding hydrogens is 564 g/mol. The molecule has 2 saturated heterocycles. The summed E-state index contributed by atoms with van der Waals surface area (Å²) >= 11 is 0. The van der Waals surface area contributed by atoms with Crippen LogP contribution in [-0.4, -0.2) is 114 Å². The lowest BCUT2D eigenvalue weighted by Crippen LogP contribution is -2.64. The summed E-state index contributed by atoms with van der Waals surface area (Å²) in [5.74, 6) is -1.41. The fourth-order valence-corrected chi connectivity index (χ4v) is 4.90. The maximum Gasteiger partial charge on any atom is 0.229 e. The van der Waals surface area contributed by atoms with E-state index in [-0.39, 0.29) is 39.5 Å². The summed E-state index contributed by atoms with van der Waals surface area (Å²) < 4.78 is 28.2. The predicted octanol–water partition coefficient (Wildman–Crippen LogP) is -1.39. The first kappa shape index (κ1) is 30.0. The lowest BCUT2D eigenvalue weighted by Gasteiger charge is -2.45. The number of aliphatic hydroxyl groups excluding tert-OH is 6. The highest BCUT2D eigenvalue weighted by atomic mass is 16.8. The van der Waals surface area contributed by atoms with Crippen LogP contribution in [0.25, 0.3) is 22.3 Å². The number of fused-ring (bicyclic) bond motifs is 1. The van der Waals surface area contributed by atoms with Crippen molar-refractivity contribution >= 4 is 11.0 Å². The highest BCUT2D eigenvalue weighted by molar-refractivity contribution is 5.86. The maximum atomic E-state index is 12.8. The predicted molar refractivity (Wildman–Crippen MR) is 139 cm³/mol. The van der Waals surface area contributed by atoms with E-state index in [1.54, 1.807) is 0 Å². The largest absolute Gasteiger partial charge is 0.508 e. The lowest BCUT2D eigenvalue weighted by atomic mass is 9.97. The zero-order valence-corrected chi connectivity index (χ0v) is 21.9. The Kier molecular flexibility index (Phi) is 8.30. The Balaban J connectivity index is 1.49. The Hall–Kier alpha value is -3.51. The van der Waals surface area contributed by atoms with Crippen LogP contribution in [0, 0.1) is 0 Å². The number of aromatic hydroxyl groups is 3. The van der Waals surface area contributed by atoms with Crippen molar-refractivity contribution in [2.24, 2.45) is 0 Å². The Labute approximate surface area is 236 Å². The first-order chi connectivity index (χ1) is 19.9. The Morgan fingerprint density at radius 2 is 1.48 bits per heavy atom. The van der Waals surface area contributed by atoms with Crippen LogP contribution in [0.3, 0.4) is 0 Å². The summed E-state index contributed by atoms with van der Waals surface area (Å²) in [5, 5.41) is 91.4. The molecule has 0 aliphatic carbocycles. The molecule has 1 aromatic heterocycles. The highest BCUT2D eigenvalue weighted by Crippen LogP contribution is 2.36. The summed E-state index contributed by atoms with van der Waals surface area (Å²) in [6.07, 6.45) is -15.6. The molecule has 0 bridgehead atoms. The lowest BCUT2D eigenvalue weighted by molar-refractivity contribution is -0.354. The SMILES string of the molecule is C[C@H]1O[C@@H](O[C@@H]2[C@H](Oc3cc(O)c4c(=O)cc(-c5cc(O)cc(O)c5)oc4c3)O[C@H](CO)[C@@H](O)[C@@H]2O)[C@H](O)[C@H](O)[C@H]1O. The van der Waals surface area contributed by atoms with Gasteiger partial charge in [-0.2, -0.15) is 0 Å². The zero-order valence-electron chi connectivity index (χ0n) is 21.9. The van der Waals surface area contributed by atoms with Crippen molar-refractivity contribution in [1.29, 1.82) is 0 Å². The number of rotatable bonds is 6. The molecule has 2 aliphatic heterocycles. The smallest absolute Gasteiger partial charge is 0.229 e. The molecule has 15 heteroatoms. The van der Waals surface area contributed by atoms with Gasteiger partial charge in [-0.3, -0.25) is 4.79 Å². The van der Waals surface area contributed by atoms with Gasteiger partial charge in [-0.15, -0.1) is 0 Å². The highest BCUT2D eigenvalue weighted by Gasteiger charge is 2.50. The first-order valence-corrected chi connectivity index (χ1v) is 12.9. The number of benzene rings is 2. The molecule has 0 radical (unpaired) electrons. The molecule has 15 nitrogen and oxygen atoms in total. The average molecular weight is 595 g/mol. The molecule has 42 heavy (non-hydrogen) atoms. The van der Waals surface area contributed by atoms with Gasteiger partial charge >= 0.3 is 0 Å². The van der Waals surface area contributed by atoms with E-state index in [2.05, 4.69) is 0 Å². The Morgan fingerprint density at radius 3 is 2.14 bits per heavy atom. The van der Waals surface area contributed by atoms with Gasteiger partial charge in [0.1, 0.15) is 76.4 Å². The van der Waals surface area contributed by atoms with Crippen molar-refractivity contribution < 1.29 is 69.3 Å². The molecule has 9 N–H and O–H groups in total. The second-order valence-corrected chi connectivity index (χ2v) is 10.1. The van der Waals surface area contributed by atoms with Crippen LogP contribution in [0.15, 0.2) is 45.6 Å². The van der Waals surface area contributed by atoms with Crippen molar-refractivity contribution in [3.05, 3.63) is 46.6 Å². The molecule has 3 aromatic rings. The summed E-state index contributed by atoms with van der Waals surface area (Å²) in [4.78, 5) is 12.8. The van der Waals surface area contributed by atoms with Crippen LogP contribution >= 0.6 is 0 Å². The molecule has 2 fully saturated rings. The van der Waals surface area contributed by atoms with Crippen LogP contribution in [0.2, 0.25) is 0 Å². The van der Waals surface area contributed by atoms with E-state index in [4.69, 9.17) is 23.4 Å². The third kappa shape index (κ3) is 5.61. The topological polar surface area (TPSA) is 249 Å².